The van der Waals surface area contributed by atoms with Gasteiger partial charge in [-0.05, 0) is 81.3 Å². The third-order valence-corrected chi connectivity index (χ3v) is 6.93. The van der Waals surface area contributed by atoms with Crippen molar-refractivity contribution in [2.45, 2.75) is 62.9 Å². The fourth-order valence-electron chi connectivity index (χ4n) is 5.95. The van der Waals surface area contributed by atoms with Crippen LogP contribution in [0, 0.1) is 17.8 Å². The van der Waals surface area contributed by atoms with Gasteiger partial charge in [0.15, 0.2) is 6.61 Å². The van der Waals surface area contributed by atoms with Crippen molar-refractivity contribution in [3.05, 3.63) is 23.9 Å². The van der Waals surface area contributed by atoms with Gasteiger partial charge in [0, 0.05) is 17.8 Å². The number of ether oxygens (including phenoxy) is 1. The number of carbonyl (C=O) groups is 3. The molecular weight excluding hydrogens is 384 g/mol. The zero-order valence-electron chi connectivity index (χ0n) is 17.0. The number of anilines is 1. The number of esters is 1. The van der Waals surface area contributed by atoms with E-state index in [-0.39, 0.29) is 11.1 Å². The number of amides is 3. The number of nitrogens with one attached hydrogen (secondary N) is 3. The van der Waals surface area contributed by atoms with E-state index < -0.39 is 24.5 Å². The molecule has 0 aromatic carbocycles. The fourth-order valence-corrected chi connectivity index (χ4v) is 5.95. The molecule has 1 aromatic rings. The minimum atomic E-state index is -0.642. The fraction of sp³-hybridized carbons (Fsp3) is 0.636. The van der Waals surface area contributed by atoms with Crippen molar-refractivity contribution >= 4 is 23.7 Å². The molecule has 8 nitrogen and oxygen atoms in total. The molecule has 30 heavy (non-hydrogen) atoms. The lowest BCUT2D eigenvalue weighted by Crippen LogP contribution is -2.62. The highest BCUT2D eigenvalue weighted by Gasteiger charge is 2.51. The molecule has 3 N–H and O–H groups in total. The van der Waals surface area contributed by atoms with Gasteiger partial charge in [-0.15, -0.1) is 0 Å². The van der Waals surface area contributed by atoms with E-state index in [0.717, 1.165) is 32.1 Å². The summed E-state index contributed by atoms with van der Waals surface area (Å²) in [4.78, 5) is 40.8. The number of urea groups is 1. The molecule has 0 radical (unpaired) electrons. The summed E-state index contributed by atoms with van der Waals surface area (Å²) < 4.78 is 5.03. The predicted octanol–water partition coefficient (Wildman–Crippen LogP) is 2.61. The maximum Gasteiger partial charge on any atom is 0.340 e. The van der Waals surface area contributed by atoms with Gasteiger partial charge in [-0.25, -0.2) is 14.6 Å². The van der Waals surface area contributed by atoms with Gasteiger partial charge in [0.2, 0.25) is 0 Å². The molecule has 3 amide bonds. The maximum atomic E-state index is 12.4. The largest absolute Gasteiger partial charge is 0.452 e. The Bertz CT molecular complexity index is 814. The lowest BCUT2D eigenvalue weighted by atomic mass is 9.53. The molecule has 4 bridgehead atoms. The zero-order chi connectivity index (χ0) is 20.7. The summed E-state index contributed by atoms with van der Waals surface area (Å²) in [5.74, 6) is 1.55. The van der Waals surface area contributed by atoms with Gasteiger partial charge in [-0.3, -0.25) is 10.1 Å². The van der Waals surface area contributed by atoms with Crippen molar-refractivity contribution in [2.75, 3.05) is 11.9 Å². The molecule has 0 spiro atoms. The number of aromatic nitrogens is 1. The number of pyridine rings is 1. The third-order valence-electron chi connectivity index (χ3n) is 6.93. The predicted molar refractivity (Wildman–Crippen MR) is 109 cm³/mol. The van der Waals surface area contributed by atoms with E-state index >= 15 is 0 Å². The van der Waals surface area contributed by atoms with E-state index in [1.54, 1.807) is 12.1 Å². The minimum Gasteiger partial charge on any atom is -0.452 e. The Hall–Kier alpha value is -2.64. The zero-order valence-corrected chi connectivity index (χ0v) is 17.0. The van der Waals surface area contributed by atoms with Crippen LogP contribution >= 0.6 is 0 Å². The van der Waals surface area contributed by atoms with Gasteiger partial charge in [0.05, 0.1) is 5.56 Å². The summed E-state index contributed by atoms with van der Waals surface area (Å²) in [6.07, 6.45) is 10.6. The van der Waals surface area contributed by atoms with Gasteiger partial charge in [-0.1, -0.05) is 0 Å². The van der Waals surface area contributed by atoms with E-state index in [2.05, 4.69) is 20.9 Å². The standard InChI is InChI=1S/C22H28N4O4/c27-19(12-30-20(28)16-1-4-18(23-11-16)24-17-2-3-17)25-21(29)26-22-8-13-5-14(9-22)7-15(6-13)10-22/h1,4,11,13-15,17H,2-3,5-10,12H2,(H,23,24)(H2,25,26,27,29). The number of nitrogens with zero attached hydrogens (tertiary/aromatic N) is 1. The van der Waals surface area contributed by atoms with Crippen LogP contribution in [0.3, 0.4) is 0 Å². The van der Waals surface area contributed by atoms with Gasteiger partial charge in [0.1, 0.15) is 5.82 Å². The summed E-state index contributed by atoms with van der Waals surface area (Å²) >= 11 is 0. The van der Waals surface area contributed by atoms with Gasteiger partial charge in [-0.2, -0.15) is 0 Å². The molecule has 6 rings (SSSR count). The lowest BCUT2D eigenvalue weighted by molar-refractivity contribution is -0.123. The molecule has 160 valence electrons. The van der Waals surface area contributed by atoms with E-state index in [1.165, 1.54) is 25.5 Å². The van der Waals surface area contributed by atoms with Gasteiger partial charge in [0.25, 0.3) is 5.91 Å². The number of hydrogen-bond donors (Lipinski definition) is 3. The minimum absolute atomic E-state index is 0.169. The molecule has 1 aromatic heterocycles. The molecule has 5 fully saturated rings. The maximum absolute atomic E-state index is 12.4. The van der Waals surface area contributed by atoms with Crippen LogP contribution in [0.5, 0.6) is 0 Å². The van der Waals surface area contributed by atoms with Crippen LogP contribution in [0.2, 0.25) is 0 Å². The van der Waals surface area contributed by atoms with Crippen molar-refractivity contribution in [3.8, 4) is 0 Å². The van der Waals surface area contributed by atoms with Gasteiger partial charge >= 0.3 is 12.0 Å². The third kappa shape index (κ3) is 4.27. The normalized spacial score (nSPS) is 31.1. The number of imide groups is 1. The van der Waals surface area contributed by atoms with Crippen molar-refractivity contribution in [1.82, 2.24) is 15.6 Å². The number of hydrogen-bond acceptors (Lipinski definition) is 6. The Morgan fingerprint density at radius 1 is 1.03 bits per heavy atom. The molecule has 0 atom stereocenters. The average molecular weight is 412 g/mol. The first-order valence-electron chi connectivity index (χ1n) is 11.0. The Kier molecular flexibility index (Phi) is 4.87. The second-order valence-electron chi connectivity index (χ2n) is 9.63. The molecule has 0 saturated heterocycles. The summed E-state index contributed by atoms with van der Waals surface area (Å²) in [7, 11) is 0. The van der Waals surface area contributed by atoms with E-state index in [0.29, 0.717) is 29.6 Å². The second kappa shape index (κ2) is 7.56. The molecule has 0 unspecified atom stereocenters. The van der Waals surface area contributed by atoms with Crippen LogP contribution in [0.25, 0.3) is 0 Å². The Morgan fingerprint density at radius 3 is 2.27 bits per heavy atom. The first kappa shape index (κ1) is 19.3. The van der Waals surface area contributed by atoms with Crippen LogP contribution < -0.4 is 16.0 Å². The van der Waals surface area contributed by atoms with Crippen molar-refractivity contribution in [1.29, 1.82) is 0 Å². The first-order chi connectivity index (χ1) is 14.5. The quantitative estimate of drug-likeness (QED) is 0.620. The van der Waals surface area contributed by atoms with Gasteiger partial charge < -0.3 is 15.4 Å². The van der Waals surface area contributed by atoms with Crippen LogP contribution in [-0.2, 0) is 9.53 Å². The second-order valence-corrected chi connectivity index (χ2v) is 9.63. The smallest absolute Gasteiger partial charge is 0.340 e. The molecule has 5 saturated carbocycles. The SMILES string of the molecule is O=C(COC(=O)c1ccc(NC2CC2)nc1)NC(=O)NC12CC3CC(CC(C3)C1)C2. The van der Waals surface area contributed by atoms with Crippen LogP contribution in [0.1, 0.15) is 61.7 Å². The van der Waals surface area contributed by atoms with Crippen LogP contribution in [0.15, 0.2) is 18.3 Å². The topological polar surface area (TPSA) is 109 Å². The molecule has 1 heterocycles. The average Bonchev–Trinajstić information content (AvgIpc) is 3.49. The Balaban J connectivity index is 1.07. The van der Waals surface area contributed by atoms with Crippen molar-refractivity contribution in [3.63, 3.8) is 0 Å². The summed E-state index contributed by atoms with van der Waals surface area (Å²) in [6.45, 7) is -0.505. The molecular formula is C22H28N4O4. The van der Waals surface area contributed by atoms with Crippen molar-refractivity contribution < 1.29 is 19.1 Å². The summed E-state index contributed by atoms with van der Waals surface area (Å²) in [5, 5.41) is 8.62. The Labute approximate surface area is 175 Å². The molecule has 5 aliphatic carbocycles. The number of carbonyl (C=O) groups excluding carboxylic acids is 3. The number of rotatable bonds is 6. The monoisotopic (exact) mass is 412 g/mol. The summed E-state index contributed by atoms with van der Waals surface area (Å²) in [5.41, 5.74) is 0.0970. The summed E-state index contributed by atoms with van der Waals surface area (Å²) in [6, 6.07) is 3.31. The van der Waals surface area contributed by atoms with Crippen molar-refractivity contribution in [2.24, 2.45) is 17.8 Å². The molecule has 5 aliphatic rings. The highest BCUT2D eigenvalue weighted by Crippen LogP contribution is 2.55. The van der Waals surface area contributed by atoms with E-state index in [1.807, 2.05) is 0 Å². The van der Waals surface area contributed by atoms with Crippen LogP contribution in [-0.4, -0.2) is 41.1 Å². The van der Waals surface area contributed by atoms with Crippen LogP contribution in [0.4, 0.5) is 10.6 Å². The lowest BCUT2D eigenvalue weighted by Gasteiger charge is -2.56. The van der Waals surface area contributed by atoms with E-state index in [4.69, 9.17) is 4.74 Å². The first-order valence-corrected chi connectivity index (χ1v) is 11.0. The Morgan fingerprint density at radius 2 is 1.70 bits per heavy atom. The molecule has 0 aliphatic heterocycles. The highest BCUT2D eigenvalue weighted by molar-refractivity contribution is 5.97. The highest BCUT2D eigenvalue weighted by atomic mass is 16.5. The molecule has 8 heteroatoms. The van der Waals surface area contributed by atoms with E-state index in [9.17, 15) is 14.4 Å².